The van der Waals surface area contributed by atoms with Crippen LogP contribution < -0.4 is 5.32 Å². The van der Waals surface area contributed by atoms with Crippen LogP contribution in [0, 0.1) is 6.92 Å². The molecule has 112 valence electrons. The number of hydrogen-bond acceptors (Lipinski definition) is 4. The first kappa shape index (κ1) is 15.7. The quantitative estimate of drug-likeness (QED) is 0.859. The average molecular weight is 304 g/mol. The zero-order chi connectivity index (χ0) is 15.2. The topological polar surface area (TPSA) is 62.2 Å². The number of aromatic hydroxyl groups is 1. The van der Waals surface area contributed by atoms with Crippen molar-refractivity contribution in [1.29, 1.82) is 0 Å². The molecular weight excluding hydrogens is 284 g/mol. The molecule has 2 atom stereocenters. The van der Waals surface area contributed by atoms with E-state index >= 15 is 0 Å². The molecule has 0 radical (unpaired) electrons. The second-order valence-corrected chi connectivity index (χ2v) is 6.48. The molecule has 0 spiro atoms. The minimum Gasteiger partial charge on any atom is -0.506 e. The van der Waals surface area contributed by atoms with Gasteiger partial charge < -0.3 is 10.4 Å². The van der Waals surface area contributed by atoms with Crippen LogP contribution >= 0.6 is 0 Å². The summed E-state index contributed by atoms with van der Waals surface area (Å²) in [6.45, 7) is 2.32. The Morgan fingerprint density at radius 3 is 2.62 bits per heavy atom. The number of pyridine rings is 1. The molecular formula is C16H20N2O2S. The third kappa shape index (κ3) is 4.65. The minimum absolute atomic E-state index is 0.0289. The van der Waals surface area contributed by atoms with Crippen molar-refractivity contribution in [2.45, 2.75) is 19.5 Å². The Kier molecular flexibility index (Phi) is 5.47. The van der Waals surface area contributed by atoms with Crippen molar-refractivity contribution in [3.63, 3.8) is 0 Å². The maximum absolute atomic E-state index is 11.6. The fraction of sp³-hybridized carbons (Fsp3) is 0.312. The third-order valence-corrected chi connectivity index (χ3v) is 4.01. The highest BCUT2D eigenvalue weighted by Crippen LogP contribution is 2.18. The molecule has 0 aliphatic carbocycles. The van der Waals surface area contributed by atoms with E-state index < -0.39 is 10.8 Å². The van der Waals surface area contributed by atoms with Gasteiger partial charge >= 0.3 is 0 Å². The van der Waals surface area contributed by atoms with Gasteiger partial charge in [0.2, 0.25) is 0 Å². The summed E-state index contributed by atoms with van der Waals surface area (Å²) in [5.41, 5.74) is 2.55. The van der Waals surface area contributed by atoms with Crippen LogP contribution in [0.15, 0.2) is 42.5 Å². The summed E-state index contributed by atoms with van der Waals surface area (Å²) in [6, 6.07) is 13.3. The number of aromatic nitrogens is 1. The van der Waals surface area contributed by atoms with Crippen LogP contribution in [0.1, 0.15) is 23.0 Å². The van der Waals surface area contributed by atoms with Crippen molar-refractivity contribution in [1.82, 2.24) is 10.3 Å². The maximum atomic E-state index is 11.6. The molecule has 0 bridgehead atoms. The van der Waals surface area contributed by atoms with E-state index in [9.17, 15) is 9.32 Å². The second kappa shape index (κ2) is 7.33. The van der Waals surface area contributed by atoms with Crippen molar-refractivity contribution in [2.75, 3.05) is 12.0 Å². The number of rotatable bonds is 6. The van der Waals surface area contributed by atoms with Gasteiger partial charge in [-0.05, 0) is 24.6 Å². The molecule has 2 rings (SSSR count). The van der Waals surface area contributed by atoms with E-state index in [0.717, 1.165) is 11.3 Å². The van der Waals surface area contributed by atoms with Crippen molar-refractivity contribution in [3.8, 4) is 5.75 Å². The zero-order valence-corrected chi connectivity index (χ0v) is 13.1. The Morgan fingerprint density at radius 1 is 1.24 bits per heavy atom. The molecule has 0 amide bonds. The summed E-state index contributed by atoms with van der Waals surface area (Å²) in [6.07, 6.45) is 1.69. The fourth-order valence-electron chi connectivity index (χ4n) is 2.15. The Morgan fingerprint density at radius 2 is 1.95 bits per heavy atom. The second-order valence-electron chi connectivity index (χ2n) is 5.00. The van der Waals surface area contributed by atoms with Gasteiger partial charge in [-0.1, -0.05) is 30.3 Å². The lowest BCUT2D eigenvalue weighted by Crippen LogP contribution is -2.26. The van der Waals surface area contributed by atoms with Gasteiger partial charge in [-0.15, -0.1) is 0 Å². The van der Waals surface area contributed by atoms with Gasteiger partial charge in [-0.2, -0.15) is 0 Å². The van der Waals surface area contributed by atoms with E-state index in [1.54, 1.807) is 18.4 Å². The average Bonchev–Trinajstić information content (AvgIpc) is 2.47. The smallest absolute Gasteiger partial charge is 0.138 e. The molecule has 0 fully saturated rings. The predicted molar refractivity (Wildman–Crippen MR) is 85.6 cm³/mol. The Labute approximate surface area is 127 Å². The number of aryl methyl sites for hydroxylation is 1. The van der Waals surface area contributed by atoms with E-state index in [1.165, 1.54) is 0 Å². The van der Waals surface area contributed by atoms with Gasteiger partial charge in [-0.25, -0.2) is 0 Å². The summed E-state index contributed by atoms with van der Waals surface area (Å²) >= 11 is 0. The lowest BCUT2D eigenvalue weighted by atomic mass is 10.1. The monoisotopic (exact) mass is 304 g/mol. The molecule has 0 saturated heterocycles. The summed E-state index contributed by atoms with van der Waals surface area (Å²) in [5, 5.41) is 13.2. The van der Waals surface area contributed by atoms with Crippen LogP contribution in [-0.4, -0.2) is 26.3 Å². The molecule has 1 aromatic heterocycles. The van der Waals surface area contributed by atoms with Crippen molar-refractivity contribution in [3.05, 3.63) is 59.4 Å². The first-order chi connectivity index (χ1) is 10.1. The fourth-order valence-corrected chi connectivity index (χ4v) is 2.93. The first-order valence-corrected chi connectivity index (χ1v) is 8.53. The highest BCUT2D eigenvalue weighted by atomic mass is 32.2. The van der Waals surface area contributed by atoms with Gasteiger partial charge in [0.1, 0.15) is 5.75 Å². The molecule has 0 aliphatic rings. The highest BCUT2D eigenvalue weighted by Gasteiger charge is 2.14. The molecule has 0 saturated carbocycles. The summed E-state index contributed by atoms with van der Waals surface area (Å²) in [5.74, 6) is 0.703. The summed E-state index contributed by atoms with van der Waals surface area (Å²) < 4.78 is 11.6. The lowest BCUT2D eigenvalue weighted by molar-refractivity contribution is 0.454. The Hall–Kier alpha value is -1.72. The van der Waals surface area contributed by atoms with Gasteiger partial charge in [0.15, 0.2) is 0 Å². The largest absolute Gasteiger partial charge is 0.506 e. The zero-order valence-electron chi connectivity index (χ0n) is 12.2. The van der Waals surface area contributed by atoms with E-state index in [0.29, 0.717) is 18.0 Å². The molecule has 0 aliphatic heterocycles. The molecule has 1 aromatic carbocycles. The van der Waals surface area contributed by atoms with E-state index in [2.05, 4.69) is 10.3 Å². The molecule has 4 nitrogen and oxygen atoms in total. The van der Waals surface area contributed by atoms with Crippen molar-refractivity contribution >= 4 is 10.8 Å². The molecule has 1 heterocycles. The SMILES string of the molecule is Cc1ccc(O)c(CN[C@@H](C[S@@](C)=O)c2ccccc2)n1. The molecule has 0 unspecified atom stereocenters. The van der Waals surface area contributed by atoms with E-state index in [1.807, 2.05) is 37.3 Å². The molecule has 2 aromatic rings. The minimum atomic E-state index is -0.909. The van der Waals surface area contributed by atoms with Gasteiger partial charge in [0.25, 0.3) is 0 Å². The van der Waals surface area contributed by atoms with Gasteiger partial charge in [0.05, 0.1) is 5.69 Å². The van der Waals surface area contributed by atoms with Crippen molar-refractivity contribution in [2.24, 2.45) is 0 Å². The molecule has 2 N–H and O–H groups in total. The number of benzene rings is 1. The van der Waals surface area contributed by atoms with E-state index in [4.69, 9.17) is 0 Å². The number of hydrogen-bond donors (Lipinski definition) is 2. The normalized spacial score (nSPS) is 13.8. The van der Waals surface area contributed by atoms with Crippen LogP contribution in [-0.2, 0) is 17.3 Å². The van der Waals surface area contributed by atoms with Crippen molar-refractivity contribution < 1.29 is 9.32 Å². The lowest BCUT2D eigenvalue weighted by Gasteiger charge is -2.18. The van der Waals surface area contributed by atoms with Gasteiger partial charge in [0, 0.05) is 41.1 Å². The van der Waals surface area contributed by atoms with Crippen LogP contribution in [0.4, 0.5) is 0 Å². The maximum Gasteiger partial charge on any atom is 0.138 e. The van der Waals surface area contributed by atoms with Gasteiger partial charge in [-0.3, -0.25) is 9.19 Å². The standard InChI is InChI=1S/C16H20N2O2S/c1-12-8-9-16(19)14(18-12)10-17-15(11-21(2)20)13-6-4-3-5-7-13/h3-9,15,17,19H,10-11H2,1-2H3/t15-,21+/m0/s1. The number of nitrogens with one attached hydrogen (secondary N) is 1. The van der Waals surface area contributed by atoms with Crippen LogP contribution in [0.25, 0.3) is 0 Å². The number of nitrogens with zero attached hydrogens (tertiary/aromatic N) is 1. The Balaban J connectivity index is 2.12. The summed E-state index contributed by atoms with van der Waals surface area (Å²) in [7, 11) is -0.909. The summed E-state index contributed by atoms with van der Waals surface area (Å²) in [4.78, 5) is 4.33. The predicted octanol–water partition coefficient (Wildman–Crippen LogP) is 2.31. The molecule has 5 heteroatoms. The first-order valence-electron chi connectivity index (χ1n) is 6.80. The van der Waals surface area contributed by atoms with Crippen LogP contribution in [0.3, 0.4) is 0 Å². The molecule has 21 heavy (non-hydrogen) atoms. The van der Waals surface area contributed by atoms with Crippen LogP contribution in [0.2, 0.25) is 0 Å². The van der Waals surface area contributed by atoms with Crippen LogP contribution in [0.5, 0.6) is 5.75 Å². The Bertz CT molecular complexity index is 617. The third-order valence-electron chi connectivity index (χ3n) is 3.21. The van der Waals surface area contributed by atoms with E-state index in [-0.39, 0.29) is 11.8 Å². The highest BCUT2D eigenvalue weighted by molar-refractivity contribution is 7.84.